The van der Waals surface area contributed by atoms with Gasteiger partial charge in [0.15, 0.2) is 0 Å². The maximum Gasteiger partial charge on any atom is 0.407 e. The van der Waals surface area contributed by atoms with E-state index in [0.29, 0.717) is 19.5 Å². The highest BCUT2D eigenvalue weighted by Crippen LogP contribution is 2.44. The first-order valence-corrected chi connectivity index (χ1v) is 12.5. The van der Waals surface area contributed by atoms with E-state index in [0.717, 1.165) is 35.1 Å². The molecule has 1 unspecified atom stereocenters. The number of rotatable bonds is 8. The van der Waals surface area contributed by atoms with Gasteiger partial charge in [-0.05, 0) is 46.9 Å². The van der Waals surface area contributed by atoms with Gasteiger partial charge in [0.2, 0.25) is 5.91 Å². The Balaban J connectivity index is 1.41. The monoisotopic (exact) mass is 478 g/mol. The lowest BCUT2D eigenvalue weighted by atomic mass is 9.92. The predicted octanol–water partition coefficient (Wildman–Crippen LogP) is 4.65. The summed E-state index contributed by atoms with van der Waals surface area (Å²) < 4.78 is 5.68. The molecule has 7 nitrogen and oxygen atoms in total. The van der Waals surface area contributed by atoms with Crippen LogP contribution in [0.25, 0.3) is 11.1 Å². The minimum absolute atomic E-state index is 0.0511. The van der Waals surface area contributed by atoms with Crippen LogP contribution in [0.5, 0.6) is 0 Å². The number of carboxylic acid groups (broad SMARTS) is 1. The molecule has 4 rings (SSSR count). The van der Waals surface area contributed by atoms with Gasteiger partial charge in [0.25, 0.3) is 0 Å². The molecule has 2 aromatic carbocycles. The molecule has 0 saturated carbocycles. The van der Waals surface area contributed by atoms with Crippen LogP contribution in [0.4, 0.5) is 4.79 Å². The Morgan fingerprint density at radius 2 is 1.71 bits per heavy atom. The number of benzene rings is 2. The standard InChI is InChI=1S/C28H34N2O5/c1-3-18(2)26(27(33)30-14-8-9-19(16-30)15-25(31)32)29-28(34)35-17-24-22-12-6-4-10-20(22)21-11-5-7-13-23(21)24/h4-7,10-13,18-19,24,26H,3,8-9,14-17H2,1-2H3,(H,29,34)(H,31,32)/t18-,19?,26-/m0/s1. The van der Waals surface area contributed by atoms with Crippen LogP contribution in [-0.4, -0.2) is 53.7 Å². The van der Waals surface area contributed by atoms with Gasteiger partial charge in [-0.25, -0.2) is 4.79 Å². The number of nitrogens with zero attached hydrogens (tertiary/aromatic N) is 1. The number of alkyl carbamates (subject to hydrolysis) is 1. The van der Waals surface area contributed by atoms with Crippen LogP contribution >= 0.6 is 0 Å². The first-order chi connectivity index (χ1) is 16.9. The second-order valence-corrected chi connectivity index (χ2v) is 9.72. The molecule has 0 radical (unpaired) electrons. The van der Waals surface area contributed by atoms with E-state index in [2.05, 4.69) is 29.6 Å². The number of aliphatic carboxylic acids is 1. The summed E-state index contributed by atoms with van der Waals surface area (Å²) in [7, 11) is 0. The highest BCUT2D eigenvalue weighted by Gasteiger charge is 2.34. The van der Waals surface area contributed by atoms with Crippen molar-refractivity contribution in [3.05, 3.63) is 59.7 Å². The molecule has 1 aliphatic carbocycles. The largest absolute Gasteiger partial charge is 0.481 e. The van der Waals surface area contributed by atoms with Crippen LogP contribution < -0.4 is 5.32 Å². The van der Waals surface area contributed by atoms with Crippen LogP contribution in [0, 0.1) is 11.8 Å². The first kappa shape index (κ1) is 24.8. The lowest BCUT2D eigenvalue weighted by Gasteiger charge is -2.36. The molecule has 2 aliphatic rings. The number of carbonyl (C=O) groups excluding carboxylic acids is 2. The molecule has 2 amide bonds. The summed E-state index contributed by atoms with van der Waals surface area (Å²) in [6, 6.07) is 15.6. The van der Waals surface area contributed by atoms with Gasteiger partial charge in [0.1, 0.15) is 12.6 Å². The zero-order valence-electron chi connectivity index (χ0n) is 20.4. The minimum Gasteiger partial charge on any atom is -0.481 e. The third-order valence-corrected chi connectivity index (χ3v) is 7.39. The molecule has 1 fully saturated rings. The van der Waals surface area contributed by atoms with E-state index >= 15 is 0 Å². The number of carbonyl (C=O) groups is 3. The smallest absolute Gasteiger partial charge is 0.407 e. The molecule has 186 valence electrons. The Morgan fingerprint density at radius 1 is 1.09 bits per heavy atom. The van der Waals surface area contributed by atoms with Crippen LogP contribution in [0.15, 0.2) is 48.5 Å². The van der Waals surface area contributed by atoms with Crippen LogP contribution in [0.3, 0.4) is 0 Å². The van der Waals surface area contributed by atoms with Crippen molar-refractivity contribution in [3.63, 3.8) is 0 Å². The van der Waals surface area contributed by atoms with E-state index in [1.54, 1.807) is 4.90 Å². The van der Waals surface area contributed by atoms with Crippen LogP contribution in [-0.2, 0) is 14.3 Å². The van der Waals surface area contributed by atoms with Gasteiger partial charge in [-0.3, -0.25) is 9.59 Å². The normalized spacial score (nSPS) is 18.8. The predicted molar refractivity (Wildman–Crippen MR) is 133 cm³/mol. The molecule has 35 heavy (non-hydrogen) atoms. The minimum atomic E-state index is -0.848. The van der Waals surface area contributed by atoms with Gasteiger partial charge >= 0.3 is 12.1 Å². The van der Waals surface area contributed by atoms with Gasteiger partial charge in [-0.15, -0.1) is 0 Å². The fraction of sp³-hybridized carbons (Fsp3) is 0.464. The summed E-state index contributed by atoms with van der Waals surface area (Å²) in [6.45, 7) is 5.09. The second-order valence-electron chi connectivity index (χ2n) is 9.72. The van der Waals surface area contributed by atoms with Crippen molar-refractivity contribution in [3.8, 4) is 11.1 Å². The Labute approximate surface area is 206 Å². The number of ether oxygens (including phenoxy) is 1. The third kappa shape index (κ3) is 5.50. The summed E-state index contributed by atoms with van der Waals surface area (Å²) in [6.07, 6.45) is 1.72. The number of fused-ring (bicyclic) bond motifs is 3. The summed E-state index contributed by atoms with van der Waals surface area (Å²) >= 11 is 0. The summed E-state index contributed by atoms with van der Waals surface area (Å²) in [5.74, 6) is -1.20. The molecule has 1 saturated heterocycles. The Morgan fingerprint density at radius 3 is 2.31 bits per heavy atom. The fourth-order valence-electron chi connectivity index (χ4n) is 5.33. The maximum atomic E-state index is 13.4. The number of likely N-dealkylation sites (tertiary alicyclic amines) is 1. The summed E-state index contributed by atoms with van der Waals surface area (Å²) in [5, 5.41) is 12.0. The number of piperidine rings is 1. The quantitative estimate of drug-likeness (QED) is 0.576. The van der Waals surface area contributed by atoms with Crippen LogP contribution in [0.2, 0.25) is 0 Å². The topological polar surface area (TPSA) is 95.9 Å². The Hall–Kier alpha value is -3.35. The van der Waals surface area contributed by atoms with E-state index in [1.807, 2.05) is 38.1 Å². The third-order valence-electron chi connectivity index (χ3n) is 7.39. The van der Waals surface area contributed by atoms with Crippen LogP contribution in [0.1, 0.15) is 56.6 Å². The Kier molecular flexibility index (Phi) is 7.73. The average molecular weight is 479 g/mol. The van der Waals surface area contributed by atoms with E-state index < -0.39 is 18.1 Å². The number of hydrogen-bond acceptors (Lipinski definition) is 4. The molecule has 0 spiro atoms. The van der Waals surface area contributed by atoms with Gasteiger partial charge in [-0.1, -0.05) is 68.8 Å². The molecule has 7 heteroatoms. The molecule has 0 aromatic heterocycles. The Bertz CT molecular complexity index is 1040. The van der Waals surface area contributed by atoms with E-state index in [4.69, 9.17) is 9.84 Å². The zero-order chi connectivity index (χ0) is 24.9. The van der Waals surface area contributed by atoms with E-state index in [-0.39, 0.29) is 36.7 Å². The van der Waals surface area contributed by atoms with Gasteiger partial charge in [-0.2, -0.15) is 0 Å². The van der Waals surface area contributed by atoms with Crippen molar-refractivity contribution < 1.29 is 24.2 Å². The van der Waals surface area contributed by atoms with Gasteiger partial charge < -0.3 is 20.1 Å². The highest BCUT2D eigenvalue weighted by molar-refractivity contribution is 5.86. The molecule has 1 heterocycles. The lowest BCUT2D eigenvalue weighted by Crippen LogP contribution is -2.54. The molecule has 1 aliphatic heterocycles. The van der Waals surface area contributed by atoms with Gasteiger partial charge in [0.05, 0.1) is 0 Å². The zero-order valence-corrected chi connectivity index (χ0v) is 20.4. The average Bonchev–Trinajstić information content (AvgIpc) is 3.18. The van der Waals surface area contributed by atoms with Crippen molar-refractivity contribution in [1.82, 2.24) is 10.2 Å². The molecule has 3 atom stereocenters. The maximum absolute atomic E-state index is 13.4. The summed E-state index contributed by atoms with van der Waals surface area (Å²) in [5.41, 5.74) is 4.58. The van der Waals surface area contributed by atoms with Crippen molar-refractivity contribution in [1.29, 1.82) is 0 Å². The molecule has 2 aromatic rings. The second kappa shape index (κ2) is 10.9. The number of nitrogens with one attached hydrogen (secondary N) is 1. The van der Waals surface area contributed by atoms with Crippen molar-refractivity contribution in [2.24, 2.45) is 11.8 Å². The van der Waals surface area contributed by atoms with Crippen molar-refractivity contribution in [2.45, 2.75) is 51.5 Å². The van der Waals surface area contributed by atoms with Crippen molar-refractivity contribution >= 4 is 18.0 Å². The highest BCUT2D eigenvalue weighted by atomic mass is 16.5. The molecular formula is C28H34N2O5. The fourth-order valence-corrected chi connectivity index (χ4v) is 5.33. The van der Waals surface area contributed by atoms with Gasteiger partial charge in [0, 0.05) is 25.4 Å². The number of carboxylic acids is 1. The molecule has 2 N–H and O–H groups in total. The SMILES string of the molecule is CC[C@H](C)[C@H](NC(=O)OCC1c2ccccc2-c2ccccc21)C(=O)N1CCCC(CC(=O)O)C1. The first-order valence-electron chi connectivity index (χ1n) is 12.5. The number of hydrogen-bond donors (Lipinski definition) is 2. The molecule has 0 bridgehead atoms. The molecular weight excluding hydrogens is 444 g/mol. The van der Waals surface area contributed by atoms with Crippen molar-refractivity contribution in [2.75, 3.05) is 19.7 Å². The number of amides is 2. The van der Waals surface area contributed by atoms with E-state index in [9.17, 15) is 14.4 Å². The summed E-state index contributed by atoms with van der Waals surface area (Å²) in [4.78, 5) is 39.1. The van der Waals surface area contributed by atoms with E-state index in [1.165, 1.54) is 0 Å². The lowest BCUT2D eigenvalue weighted by molar-refractivity contribution is -0.141.